The van der Waals surface area contributed by atoms with E-state index in [-0.39, 0.29) is 24.0 Å². The van der Waals surface area contributed by atoms with Gasteiger partial charge in [-0.05, 0) is 32.6 Å². The highest BCUT2D eigenvalue weighted by Crippen LogP contribution is 2.30. The number of likely N-dealkylation sites (N-methyl/N-ethyl adjacent to an activating group) is 1. The summed E-state index contributed by atoms with van der Waals surface area (Å²) < 4.78 is 5.48. The summed E-state index contributed by atoms with van der Waals surface area (Å²) in [6.07, 6.45) is 3.44. The minimum absolute atomic E-state index is 0.0113. The standard InChI is InChI=1S/C14H28N2O2/c1-10(2)18-9-8-16(4)14(17)13-11(3)6-5-7-12(13)15/h10-13H,5-9,15H2,1-4H3. The van der Waals surface area contributed by atoms with Gasteiger partial charge in [-0.1, -0.05) is 13.3 Å². The maximum atomic E-state index is 12.4. The third-order valence-electron chi connectivity index (χ3n) is 3.81. The summed E-state index contributed by atoms with van der Waals surface area (Å²) in [4.78, 5) is 14.2. The van der Waals surface area contributed by atoms with Gasteiger partial charge in [-0.2, -0.15) is 0 Å². The van der Waals surface area contributed by atoms with Crippen molar-refractivity contribution in [1.29, 1.82) is 0 Å². The topological polar surface area (TPSA) is 55.6 Å². The van der Waals surface area contributed by atoms with Gasteiger partial charge in [0.05, 0.1) is 18.6 Å². The first-order valence-electron chi connectivity index (χ1n) is 7.05. The van der Waals surface area contributed by atoms with Crippen LogP contribution in [0, 0.1) is 11.8 Å². The molecule has 1 saturated carbocycles. The largest absolute Gasteiger partial charge is 0.377 e. The molecule has 0 saturated heterocycles. The number of amides is 1. The Labute approximate surface area is 111 Å². The molecule has 1 fully saturated rings. The highest BCUT2D eigenvalue weighted by Gasteiger charge is 2.35. The molecule has 0 aromatic carbocycles. The van der Waals surface area contributed by atoms with E-state index in [4.69, 9.17) is 10.5 Å². The van der Waals surface area contributed by atoms with Crippen LogP contribution in [0.2, 0.25) is 0 Å². The van der Waals surface area contributed by atoms with Gasteiger partial charge in [0.15, 0.2) is 0 Å². The summed E-state index contributed by atoms with van der Waals surface area (Å²) in [5.41, 5.74) is 6.11. The van der Waals surface area contributed by atoms with Gasteiger partial charge in [-0.25, -0.2) is 0 Å². The van der Waals surface area contributed by atoms with E-state index in [0.29, 0.717) is 19.1 Å². The lowest BCUT2D eigenvalue weighted by Gasteiger charge is -2.35. The SMILES string of the molecule is CC(C)OCCN(C)C(=O)C1C(C)CCCC1N. The highest BCUT2D eigenvalue weighted by molar-refractivity contribution is 5.79. The Morgan fingerprint density at radius 3 is 2.67 bits per heavy atom. The molecule has 0 spiro atoms. The Morgan fingerprint density at radius 2 is 2.11 bits per heavy atom. The van der Waals surface area contributed by atoms with Crippen LogP contribution in [0.4, 0.5) is 0 Å². The quantitative estimate of drug-likeness (QED) is 0.813. The number of carbonyl (C=O) groups is 1. The number of ether oxygens (including phenoxy) is 1. The molecule has 18 heavy (non-hydrogen) atoms. The number of nitrogens with two attached hydrogens (primary N) is 1. The number of hydrogen-bond acceptors (Lipinski definition) is 3. The molecule has 1 rings (SSSR count). The predicted molar refractivity (Wildman–Crippen MR) is 73.2 cm³/mol. The average molecular weight is 256 g/mol. The van der Waals surface area contributed by atoms with Crippen molar-refractivity contribution in [1.82, 2.24) is 4.90 Å². The maximum absolute atomic E-state index is 12.4. The second-order valence-electron chi connectivity index (χ2n) is 5.78. The van der Waals surface area contributed by atoms with Crippen LogP contribution < -0.4 is 5.73 Å². The van der Waals surface area contributed by atoms with E-state index in [1.54, 1.807) is 4.90 Å². The second-order valence-corrected chi connectivity index (χ2v) is 5.78. The van der Waals surface area contributed by atoms with Crippen molar-refractivity contribution in [2.45, 2.75) is 52.2 Å². The Balaban J connectivity index is 2.46. The van der Waals surface area contributed by atoms with Crippen LogP contribution in [0.25, 0.3) is 0 Å². The van der Waals surface area contributed by atoms with Gasteiger partial charge in [0.2, 0.25) is 5.91 Å². The fourth-order valence-corrected chi connectivity index (χ4v) is 2.67. The molecule has 0 aromatic heterocycles. The first-order chi connectivity index (χ1) is 8.43. The molecule has 0 aromatic rings. The molecule has 0 bridgehead atoms. The molecule has 1 amide bonds. The Hall–Kier alpha value is -0.610. The molecule has 106 valence electrons. The molecular weight excluding hydrogens is 228 g/mol. The molecular formula is C14H28N2O2. The van der Waals surface area contributed by atoms with Crippen molar-refractivity contribution in [3.63, 3.8) is 0 Å². The maximum Gasteiger partial charge on any atom is 0.227 e. The molecule has 4 nitrogen and oxygen atoms in total. The van der Waals surface area contributed by atoms with Gasteiger partial charge in [-0.3, -0.25) is 4.79 Å². The third kappa shape index (κ3) is 4.25. The van der Waals surface area contributed by atoms with Gasteiger partial charge in [0.25, 0.3) is 0 Å². The van der Waals surface area contributed by atoms with Crippen molar-refractivity contribution >= 4 is 5.91 Å². The fraction of sp³-hybridized carbons (Fsp3) is 0.929. The normalized spacial score (nSPS) is 28.4. The average Bonchev–Trinajstić information content (AvgIpc) is 2.27. The number of nitrogens with zero attached hydrogens (tertiary/aromatic N) is 1. The van der Waals surface area contributed by atoms with E-state index in [2.05, 4.69) is 6.92 Å². The second kappa shape index (κ2) is 7.10. The van der Waals surface area contributed by atoms with Crippen LogP contribution in [-0.2, 0) is 9.53 Å². The molecule has 1 aliphatic carbocycles. The Kier molecular flexibility index (Phi) is 6.09. The van der Waals surface area contributed by atoms with Crippen molar-refractivity contribution < 1.29 is 9.53 Å². The summed E-state index contributed by atoms with van der Waals surface area (Å²) in [6.45, 7) is 7.38. The molecule has 2 N–H and O–H groups in total. The minimum Gasteiger partial charge on any atom is -0.377 e. The first kappa shape index (κ1) is 15.4. The van der Waals surface area contributed by atoms with Crippen LogP contribution >= 0.6 is 0 Å². The molecule has 4 heteroatoms. The number of hydrogen-bond donors (Lipinski definition) is 1. The lowest BCUT2D eigenvalue weighted by atomic mass is 9.76. The van der Waals surface area contributed by atoms with Crippen LogP contribution in [0.5, 0.6) is 0 Å². The van der Waals surface area contributed by atoms with E-state index in [1.165, 1.54) is 0 Å². The molecule has 3 atom stereocenters. The van der Waals surface area contributed by atoms with E-state index >= 15 is 0 Å². The lowest BCUT2D eigenvalue weighted by molar-refractivity contribution is -0.138. The van der Waals surface area contributed by atoms with Crippen molar-refractivity contribution in [2.24, 2.45) is 17.6 Å². The van der Waals surface area contributed by atoms with Crippen LogP contribution in [0.1, 0.15) is 40.0 Å². The number of carbonyl (C=O) groups excluding carboxylic acids is 1. The minimum atomic E-state index is -0.0113. The summed E-state index contributed by atoms with van der Waals surface area (Å²) in [7, 11) is 1.85. The van der Waals surface area contributed by atoms with E-state index < -0.39 is 0 Å². The molecule has 0 heterocycles. The molecule has 0 aliphatic heterocycles. The van der Waals surface area contributed by atoms with Gasteiger partial charge in [0, 0.05) is 19.6 Å². The monoisotopic (exact) mass is 256 g/mol. The highest BCUT2D eigenvalue weighted by atomic mass is 16.5. The summed E-state index contributed by atoms with van der Waals surface area (Å²) >= 11 is 0. The van der Waals surface area contributed by atoms with E-state index in [1.807, 2.05) is 20.9 Å². The van der Waals surface area contributed by atoms with Gasteiger partial charge >= 0.3 is 0 Å². The van der Waals surface area contributed by atoms with E-state index in [0.717, 1.165) is 19.3 Å². The predicted octanol–water partition coefficient (Wildman–Crippen LogP) is 1.63. The zero-order valence-corrected chi connectivity index (χ0v) is 12.2. The van der Waals surface area contributed by atoms with Gasteiger partial charge in [0.1, 0.15) is 0 Å². The smallest absolute Gasteiger partial charge is 0.227 e. The summed E-state index contributed by atoms with van der Waals surface area (Å²) in [5.74, 6) is 0.569. The first-order valence-corrected chi connectivity index (χ1v) is 7.05. The van der Waals surface area contributed by atoms with Crippen molar-refractivity contribution in [3.05, 3.63) is 0 Å². The Morgan fingerprint density at radius 1 is 1.44 bits per heavy atom. The van der Waals surface area contributed by atoms with Crippen LogP contribution in [0.3, 0.4) is 0 Å². The van der Waals surface area contributed by atoms with Gasteiger partial charge < -0.3 is 15.4 Å². The summed E-state index contributed by atoms with van der Waals surface area (Å²) in [6, 6.07) is 0.0229. The number of rotatable bonds is 5. The zero-order chi connectivity index (χ0) is 13.7. The Bertz CT molecular complexity index is 259. The molecule has 1 aliphatic rings. The fourth-order valence-electron chi connectivity index (χ4n) is 2.67. The summed E-state index contributed by atoms with van der Waals surface area (Å²) in [5, 5.41) is 0. The lowest BCUT2D eigenvalue weighted by Crippen LogP contribution is -2.48. The molecule has 3 unspecified atom stereocenters. The zero-order valence-electron chi connectivity index (χ0n) is 12.2. The van der Waals surface area contributed by atoms with Crippen LogP contribution in [-0.4, -0.2) is 43.2 Å². The van der Waals surface area contributed by atoms with Gasteiger partial charge in [-0.15, -0.1) is 0 Å². The van der Waals surface area contributed by atoms with E-state index in [9.17, 15) is 4.79 Å². The van der Waals surface area contributed by atoms with Crippen molar-refractivity contribution in [2.75, 3.05) is 20.2 Å². The third-order valence-corrected chi connectivity index (χ3v) is 3.81. The van der Waals surface area contributed by atoms with Crippen molar-refractivity contribution in [3.8, 4) is 0 Å². The van der Waals surface area contributed by atoms with Crippen LogP contribution in [0.15, 0.2) is 0 Å². The molecule has 0 radical (unpaired) electrons.